The van der Waals surface area contributed by atoms with E-state index in [0.717, 1.165) is 0 Å². The second-order valence-corrected chi connectivity index (χ2v) is 7.49. The van der Waals surface area contributed by atoms with Gasteiger partial charge < -0.3 is 9.64 Å². The first-order valence-electron chi connectivity index (χ1n) is 7.52. The van der Waals surface area contributed by atoms with Crippen molar-refractivity contribution in [1.29, 1.82) is 0 Å². The second kappa shape index (κ2) is 6.70. The first-order valence-corrected chi connectivity index (χ1v) is 8.96. The Morgan fingerprint density at radius 3 is 2.79 bits per heavy atom. The minimum atomic E-state index is -3.57. The van der Waals surface area contributed by atoms with E-state index in [-0.39, 0.29) is 10.9 Å². The monoisotopic (exact) mass is 349 g/mol. The fourth-order valence-electron chi connectivity index (χ4n) is 2.77. The minimum absolute atomic E-state index is 0.151. The molecule has 0 saturated carbocycles. The quantitative estimate of drug-likeness (QED) is 0.788. The lowest BCUT2D eigenvalue weighted by molar-refractivity contribution is 0.387. The number of sulfonamides is 1. The predicted octanol–water partition coefficient (Wildman–Crippen LogP) is 0.780. The molecular weight excluding hydrogens is 330 g/mol. The zero-order valence-electron chi connectivity index (χ0n) is 13.5. The first kappa shape index (κ1) is 16.6. The summed E-state index contributed by atoms with van der Waals surface area (Å²) in [4.78, 5) is 14.5. The van der Waals surface area contributed by atoms with E-state index in [9.17, 15) is 8.42 Å². The SMILES string of the molecule is COc1nccnc1N1CCC(N(C)S(=O)(=O)c2cccnc2)C1. The van der Waals surface area contributed by atoms with Gasteiger partial charge in [-0.2, -0.15) is 4.31 Å². The van der Waals surface area contributed by atoms with E-state index in [0.29, 0.717) is 31.2 Å². The molecule has 8 nitrogen and oxygen atoms in total. The van der Waals surface area contributed by atoms with Gasteiger partial charge in [-0.05, 0) is 18.6 Å². The van der Waals surface area contributed by atoms with Crippen molar-refractivity contribution < 1.29 is 13.2 Å². The Morgan fingerprint density at radius 1 is 1.29 bits per heavy atom. The largest absolute Gasteiger partial charge is 0.478 e. The standard InChI is InChI=1S/C15H19N5O3S/c1-19(24(21,22)13-4-3-6-16-10-13)12-5-9-20(11-12)14-15(23-2)18-8-7-17-14/h3-4,6-8,10,12H,5,9,11H2,1-2H3. The molecule has 0 N–H and O–H groups in total. The molecule has 24 heavy (non-hydrogen) atoms. The highest BCUT2D eigenvalue weighted by Gasteiger charge is 2.34. The van der Waals surface area contributed by atoms with Crippen molar-refractivity contribution in [3.8, 4) is 5.88 Å². The van der Waals surface area contributed by atoms with E-state index in [1.54, 1.807) is 44.9 Å². The van der Waals surface area contributed by atoms with Crippen molar-refractivity contribution in [1.82, 2.24) is 19.3 Å². The molecule has 0 radical (unpaired) electrons. The smallest absolute Gasteiger partial charge is 0.257 e. The van der Waals surface area contributed by atoms with Crippen LogP contribution in [0.2, 0.25) is 0 Å². The number of rotatable bonds is 5. The molecule has 1 aliphatic rings. The molecule has 1 unspecified atom stereocenters. The number of anilines is 1. The Balaban J connectivity index is 1.78. The normalized spacial score (nSPS) is 18.1. The maximum absolute atomic E-state index is 12.7. The van der Waals surface area contributed by atoms with Crippen LogP contribution >= 0.6 is 0 Å². The van der Waals surface area contributed by atoms with Gasteiger partial charge in [0.05, 0.1) is 7.11 Å². The van der Waals surface area contributed by atoms with Crippen LogP contribution < -0.4 is 9.64 Å². The topological polar surface area (TPSA) is 88.5 Å². The van der Waals surface area contributed by atoms with Crippen molar-refractivity contribution in [2.24, 2.45) is 0 Å². The molecule has 2 aromatic heterocycles. The van der Waals surface area contributed by atoms with E-state index in [1.807, 2.05) is 4.90 Å². The highest BCUT2D eigenvalue weighted by Crippen LogP contribution is 2.28. The van der Waals surface area contributed by atoms with Crippen LogP contribution in [0.25, 0.3) is 0 Å². The van der Waals surface area contributed by atoms with Gasteiger partial charge in [0.25, 0.3) is 5.88 Å². The van der Waals surface area contributed by atoms with Crippen molar-refractivity contribution in [2.75, 3.05) is 32.1 Å². The van der Waals surface area contributed by atoms with Crippen LogP contribution in [0, 0.1) is 0 Å². The zero-order chi connectivity index (χ0) is 17.2. The summed E-state index contributed by atoms with van der Waals surface area (Å²) in [7, 11) is -0.424. The summed E-state index contributed by atoms with van der Waals surface area (Å²) >= 11 is 0. The van der Waals surface area contributed by atoms with E-state index >= 15 is 0 Å². The van der Waals surface area contributed by atoms with Crippen LogP contribution in [0.3, 0.4) is 0 Å². The zero-order valence-corrected chi connectivity index (χ0v) is 14.3. The van der Waals surface area contributed by atoms with Crippen LogP contribution in [0.15, 0.2) is 41.8 Å². The third-order valence-corrected chi connectivity index (χ3v) is 6.02. The van der Waals surface area contributed by atoms with Gasteiger partial charge in [-0.25, -0.2) is 18.4 Å². The number of likely N-dealkylation sites (N-methyl/N-ethyl adjacent to an activating group) is 1. The number of methoxy groups -OCH3 is 1. The number of pyridine rings is 1. The Hall–Kier alpha value is -2.26. The molecule has 3 rings (SSSR count). The summed E-state index contributed by atoms with van der Waals surface area (Å²) in [6, 6.07) is 3.02. The van der Waals surface area contributed by atoms with Crippen LogP contribution in [-0.2, 0) is 10.0 Å². The first-order chi connectivity index (χ1) is 11.5. The third kappa shape index (κ3) is 3.04. The molecule has 9 heteroatoms. The number of hydrogen-bond donors (Lipinski definition) is 0. The molecule has 1 atom stereocenters. The molecule has 2 aromatic rings. The van der Waals surface area contributed by atoms with Crippen LogP contribution in [0.1, 0.15) is 6.42 Å². The van der Waals surface area contributed by atoms with Crippen molar-refractivity contribution in [3.63, 3.8) is 0 Å². The molecule has 0 amide bonds. The number of hydrogen-bond acceptors (Lipinski definition) is 7. The Labute approximate surface area is 141 Å². The summed E-state index contributed by atoms with van der Waals surface area (Å²) < 4.78 is 32.0. The molecule has 0 aromatic carbocycles. The Bertz CT molecular complexity index is 800. The molecule has 0 bridgehead atoms. The van der Waals surface area contributed by atoms with Gasteiger partial charge in [0, 0.05) is 51.0 Å². The van der Waals surface area contributed by atoms with E-state index in [1.165, 1.54) is 10.5 Å². The third-order valence-electron chi connectivity index (χ3n) is 4.13. The van der Waals surface area contributed by atoms with Gasteiger partial charge >= 0.3 is 0 Å². The van der Waals surface area contributed by atoms with Crippen molar-refractivity contribution in [2.45, 2.75) is 17.4 Å². The maximum Gasteiger partial charge on any atom is 0.257 e. The highest BCUT2D eigenvalue weighted by atomic mass is 32.2. The summed E-state index contributed by atoms with van der Waals surface area (Å²) in [5.41, 5.74) is 0. The highest BCUT2D eigenvalue weighted by molar-refractivity contribution is 7.89. The predicted molar refractivity (Wildman–Crippen MR) is 88.4 cm³/mol. The van der Waals surface area contributed by atoms with Gasteiger partial charge in [-0.15, -0.1) is 0 Å². The maximum atomic E-state index is 12.7. The lowest BCUT2D eigenvalue weighted by Gasteiger charge is -2.24. The van der Waals surface area contributed by atoms with E-state index in [4.69, 9.17) is 4.74 Å². The summed E-state index contributed by atoms with van der Waals surface area (Å²) in [6.07, 6.45) is 6.78. The molecule has 1 saturated heterocycles. The molecule has 3 heterocycles. The Kier molecular flexibility index (Phi) is 4.63. The van der Waals surface area contributed by atoms with Crippen molar-refractivity contribution in [3.05, 3.63) is 36.9 Å². The molecule has 128 valence electrons. The average molecular weight is 349 g/mol. The lowest BCUT2D eigenvalue weighted by atomic mass is 10.3. The summed E-state index contributed by atoms with van der Waals surface area (Å²) in [5, 5.41) is 0. The lowest BCUT2D eigenvalue weighted by Crippen LogP contribution is -2.39. The molecule has 1 aliphatic heterocycles. The van der Waals surface area contributed by atoms with Crippen LogP contribution in [-0.4, -0.2) is 61.0 Å². The van der Waals surface area contributed by atoms with Gasteiger partial charge in [0.1, 0.15) is 4.90 Å². The Morgan fingerprint density at radius 2 is 2.08 bits per heavy atom. The van der Waals surface area contributed by atoms with E-state index < -0.39 is 10.0 Å². The fraction of sp³-hybridized carbons (Fsp3) is 0.400. The van der Waals surface area contributed by atoms with Gasteiger partial charge in [-0.1, -0.05) is 0 Å². The number of ether oxygens (including phenoxy) is 1. The van der Waals surface area contributed by atoms with Crippen LogP contribution in [0.5, 0.6) is 5.88 Å². The van der Waals surface area contributed by atoms with E-state index in [2.05, 4.69) is 15.0 Å². The minimum Gasteiger partial charge on any atom is -0.478 e. The second-order valence-electron chi connectivity index (χ2n) is 5.49. The molecule has 0 spiro atoms. The van der Waals surface area contributed by atoms with Gasteiger partial charge in [-0.3, -0.25) is 4.98 Å². The average Bonchev–Trinajstić information content (AvgIpc) is 3.11. The number of nitrogens with zero attached hydrogens (tertiary/aromatic N) is 5. The van der Waals surface area contributed by atoms with Crippen molar-refractivity contribution >= 4 is 15.8 Å². The molecular formula is C15H19N5O3S. The number of aromatic nitrogens is 3. The molecule has 1 fully saturated rings. The van der Waals surface area contributed by atoms with Gasteiger partial charge in [0.2, 0.25) is 10.0 Å². The fourth-order valence-corrected chi connectivity index (χ4v) is 4.11. The molecule has 0 aliphatic carbocycles. The van der Waals surface area contributed by atoms with Crippen LogP contribution in [0.4, 0.5) is 5.82 Å². The summed E-state index contributed by atoms with van der Waals surface area (Å²) in [6.45, 7) is 1.22. The summed E-state index contributed by atoms with van der Waals surface area (Å²) in [5.74, 6) is 1.07. The van der Waals surface area contributed by atoms with Gasteiger partial charge in [0.15, 0.2) is 5.82 Å².